The summed E-state index contributed by atoms with van der Waals surface area (Å²) in [6, 6.07) is 7.76. The van der Waals surface area contributed by atoms with E-state index in [1.807, 2.05) is 24.3 Å². The van der Waals surface area contributed by atoms with Crippen molar-refractivity contribution in [1.82, 2.24) is 20.2 Å². The molecule has 1 saturated carbocycles. The summed E-state index contributed by atoms with van der Waals surface area (Å²) >= 11 is 1.26. The van der Waals surface area contributed by atoms with Crippen LogP contribution in [0.1, 0.15) is 37.6 Å². The summed E-state index contributed by atoms with van der Waals surface area (Å²) in [4.78, 5) is 12.1. The molecule has 3 N–H and O–H groups in total. The normalized spacial score (nSPS) is 19.5. The zero-order valence-corrected chi connectivity index (χ0v) is 15.1. The van der Waals surface area contributed by atoms with Crippen LogP contribution in [0.5, 0.6) is 11.5 Å². The molecule has 0 spiro atoms. The SMILES string of the molecule is Nn1c(SCC(=O)NC2CCCC2)nnc1[C@@H]1COc2ccccc2O1. The summed E-state index contributed by atoms with van der Waals surface area (Å²) in [5.41, 5.74) is 0. The fourth-order valence-electron chi connectivity index (χ4n) is 3.22. The van der Waals surface area contributed by atoms with E-state index >= 15 is 0 Å². The minimum atomic E-state index is -0.441. The maximum atomic E-state index is 12.1. The van der Waals surface area contributed by atoms with Crippen molar-refractivity contribution < 1.29 is 14.3 Å². The van der Waals surface area contributed by atoms with E-state index in [9.17, 15) is 4.79 Å². The van der Waals surface area contributed by atoms with E-state index in [1.165, 1.54) is 29.3 Å². The number of hydrogen-bond donors (Lipinski definition) is 2. The Bertz CT molecular complexity index is 790. The molecule has 8 nitrogen and oxygen atoms in total. The van der Waals surface area contributed by atoms with E-state index in [2.05, 4.69) is 15.5 Å². The fourth-order valence-corrected chi connectivity index (χ4v) is 3.90. The van der Waals surface area contributed by atoms with Gasteiger partial charge in [0.25, 0.3) is 0 Å². The van der Waals surface area contributed by atoms with Crippen molar-refractivity contribution >= 4 is 17.7 Å². The van der Waals surface area contributed by atoms with E-state index in [0.717, 1.165) is 12.8 Å². The van der Waals surface area contributed by atoms with Crippen LogP contribution in [0.15, 0.2) is 29.4 Å². The minimum Gasteiger partial charge on any atom is -0.485 e. The number of nitrogens with one attached hydrogen (secondary N) is 1. The number of carbonyl (C=O) groups excluding carboxylic acids is 1. The monoisotopic (exact) mass is 375 g/mol. The minimum absolute atomic E-state index is 0.00220. The largest absolute Gasteiger partial charge is 0.485 e. The standard InChI is InChI=1S/C17H21N5O3S/c18-22-16(14-9-24-12-7-3-4-8-13(12)25-14)20-21-17(22)26-10-15(23)19-11-5-1-2-6-11/h3-4,7-8,11,14H,1-2,5-6,9-10,18H2,(H,19,23)/t14-/m0/s1. The second-order valence-corrected chi connectivity index (χ2v) is 7.36. The average molecular weight is 375 g/mol. The third-order valence-electron chi connectivity index (χ3n) is 4.54. The van der Waals surface area contributed by atoms with E-state index in [4.69, 9.17) is 15.3 Å². The Balaban J connectivity index is 1.36. The summed E-state index contributed by atoms with van der Waals surface area (Å²) in [7, 11) is 0. The van der Waals surface area contributed by atoms with Gasteiger partial charge in [0.1, 0.15) is 6.61 Å². The molecule has 1 fully saturated rings. The first kappa shape index (κ1) is 17.0. The Hall–Kier alpha value is -2.42. The van der Waals surface area contributed by atoms with Crippen molar-refractivity contribution in [3.05, 3.63) is 30.1 Å². The van der Waals surface area contributed by atoms with Gasteiger partial charge in [-0.15, -0.1) is 10.2 Å². The van der Waals surface area contributed by atoms with Crippen molar-refractivity contribution in [2.75, 3.05) is 18.2 Å². The van der Waals surface area contributed by atoms with Gasteiger partial charge in [-0.2, -0.15) is 0 Å². The number of nitrogens with two attached hydrogens (primary N) is 1. The van der Waals surface area contributed by atoms with E-state index in [0.29, 0.717) is 35.1 Å². The number of thioether (sulfide) groups is 1. The van der Waals surface area contributed by atoms with E-state index in [1.54, 1.807) is 0 Å². The molecule has 1 amide bonds. The highest BCUT2D eigenvalue weighted by atomic mass is 32.2. The molecule has 0 bridgehead atoms. The highest BCUT2D eigenvalue weighted by Gasteiger charge is 2.28. The Morgan fingerprint density at radius 3 is 2.85 bits per heavy atom. The molecule has 138 valence electrons. The molecule has 4 rings (SSSR count). The van der Waals surface area contributed by atoms with Crippen LogP contribution in [0, 0.1) is 0 Å². The molecule has 1 atom stereocenters. The lowest BCUT2D eigenvalue weighted by atomic mass is 10.2. The van der Waals surface area contributed by atoms with E-state index < -0.39 is 6.10 Å². The molecule has 2 aromatic rings. The van der Waals surface area contributed by atoms with Crippen LogP contribution in [0.2, 0.25) is 0 Å². The third kappa shape index (κ3) is 3.57. The van der Waals surface area contributed by atoms with Gasteiger partial charge in [-0.25, -0.2) is 4.68 Å². The number of carbonyl (C=O) groups is 1. The van der Waals surface area contributed by atoms with Crippen LogP contribution in [0.4, 0.5) is 0 Å². The maximum absolute atomic E-state index is 12.1. The number of rotatable bonds is 5. The summed E-state index contributed by atoms with van der Waals surface area (Å²) in [6.45, 7) is 0.305. The van der Waals surface area contributed by atoms with E-state index in [-0.39, 0.29) is 11.7 Å². The van der Waals surface area contributed by atoms with Crippen LogP contribution in [-0.4, -0.2) is 39.2 Å². The molecule has 0 unspecified atom stereocenters. The Morgan fingerprint density at radius 1 is 1.27 bits per heavy atom. The molecule has 1 aromatic heterocycles. The maximum Gasteiger partial charge on any atom is 0.230 e. The second-order valence-electron chi connectivity index (χ2n) is 6.41. The Labute approximate surface area is 155 Å². The van der Waals surface area contributed by atoms with Crippen molar-refractivity contribution in [2.24, 2.45) is 0 Å². The molecule has 1 aromatic carbocycles. The van der Waals surface area contributed by atoms with Gasteiger partial charge < -0.3 is 20.6 Å². The van der Waals surface area contributed by atoms with Crippen molar-refractivity contribution in [3.63, 3.8) is 0 Å². The number of amides is 1. The van der Waals surface area contributed by atoms with Gasteiger partial charge in [0.05, 0.1) is 5.75 Å². The lowest BCUT2D eigenvalue weighted by Gasteiger charge is -2.25. The summed E-state index contributed by atoms with van der Waals surface area (Å²) in [6.07, 6.45) is 4.06. The number of fused-ring (bicyclic) bond motifs is 1. The van der Waals surface area contributed by atoms with Crippen LogP contribution in [0.3, 0.4) is 0 Å². The highest BCUT2D eigenvalue weighted by molar-refractivity contribution is 7.99. The number of ether oxygens (including phenoxy) is 2. The molecule has 2 heterocycles. The topological polar surface area (TPSA) is 104 Å². The number of para-hydroxylation sites is 2. The van der Waals surface area contributed by atoms with Gasteiger partial charge in [-0.1, -0.05) is 36.7 Å². The van der Waals surface area contributed by atoms with Crippen LogP contribution in [-0.2, 0) is 4.79 Å². The molecule has 0 saturated heterocycles. The number of hydrogen-bond acceptors (Lipinski definition) is 7. The van der Waals surface area contributed by atoms with Gasteiger partial charge in [0.2, 0.25) is 11.1 Å². The van der Waals surface area contributed by atoms with Crippen LogP contribution < -0.4 is 20.6 Å². The van der Waals surface area contributed by atoms with Gasteiger partial charge >= 0.3 is 0 Å². The van der Waals surface area contributed by atoms with Crippen molar-refractivity contribution in [1.29, 1.82) is 0 Å². The molecule has 1 aliphatic heterocycles. The number of benzene rings is 1. The first-order valence-electron chi connectivity index (χ1n) is 8.72. The number of nitrogens with zero attached hydrogens (tertiary/aromatic N) is 3. The quantitative estimate of drug-likeness (QED) is 0.605. The van der Waals surface area contributed by atoms with Gasteiger partial charge in [-0.05, 0) is 25.0 Å². The number of aromatic nitrogens is 3. The smallest absolute Gasteiger partial charge is 0.230 e. The van der Waals surface area contributed by atoms with Gasteiger partial charge in [0, 0.05) is 6.04 Å². The molecular weight excluding hydrogens is 354 g/mol. The molecular formula is C17H21N5O3S. The fraction of sp³-hybridized carbons (Fsp3) is 0.471. The van der Waals surface area contributed by atoms with Gasteiger partial charge in [0.15, 0.2) is 23.4 Å². The first-order valence-corrected chi connectivity index (χ1v) is 9.70. The summed E-state index contributed by atoms with van der Waals surface area (Å²) in [5, 5.41) is 11.7. The predicted molar refractivity (Wildman–Crippen MR) is 96.6 cm³/mol. The molecule has 26 heavy (non-hydrogen) atoms. The van der Waals surface area contributed by atoms with Gasteiger partial charge in [-0.3, -0.25) is 4.79 Å². The molecule has 2 aliphatic rings. The lowest BCUT2D eigenvalue weighted by Crippen LogP contribution is -2.34. The molecule has 9 heteroatoms. The molecule has 1 aliphatic carbocycles. The highest BCUT2D eigenvalue weighted by Crippen LogP contribution is 2.35. The van der Waals surface area contributed by atoms with Crippen LogP contribution in [0.25, 0.3) is 0 Å². The van der Waals surface area contributed by atoms with Crippen LogP contribution >= 0.6 is 11.8 Å². The van der Waals surface area contributed by atoms with Crippen molar-refractivity contribution in [2.45, 2.75) is 43.0 Å². The Morgan fingerprint density at radius 2 is 2.04 bits per heavy atom. The first-order chi connectivity index (χ1) is 12.7. The predicted octanol–water partition coefficient (Wildman–Crippen LogP) is 1.66. The van der Waals surface area contributed by atoms with Crippen molar-refractivity contribution in [3.8, 4) is 11.5 Å². The zero-order chi connectivity index (χ0) is 17.9. The Kier molecular flexibility index (Phi) is 4.87. The lowest BCUT2D eigenvalue weighted by molar-refractivity contribution is -0.119. The molecule has 0 radical (unpaired) electrons. The average Bonchev–Trinajstić information content (AvgIpc) is 3.29. The zero-order valence-electron chi connectivity index (χ0n) is 14.3. The third-order valence-corrected chi connectivity index (χ3v) is 5.48. The summed E-state index contributed by atoms with van der Waals surface area (Å²) < 4.78 is 13.0. The number of nitrogen functional groups attached to an aromatic ring is 1. The summed E-state index contributed by atoms with van der Waals surface area (Å²) in [5.74, 6) is 8.19. The second kappa shape index (κ2) is 7.45.